The number of halogens is 1. The van der Waals surface area contributed by atoms with Crippen LogP contribution in [0.5, 0.6) is 0 Å². The molecule has 4 aliphatic carbocycles. The number of carbonyl (C=O) groups excluding carboxylic acids is 3. The van der Waals surface area contributed by atoms with E-state index in [4.69, 9.17) is 16.3 Å². The summed E-state index contributed by atoms with van der Waals surface area (Å²) >= 11 is 5.45. The molecule has 3 saturated carbocycles. The van der Waals surface area contributed by atoms with Crippen LogP contribution in [0.25, 0.3) is 0 Å². The van der Waals surface area contributed by atoms with Crippen LogP contribution in [-0.2, 0) is 19.1 Å². The molecule has 4 aliphatic rings. The van der Waals surface area contributed by atoms with Gasteiger partial charge in [-0.25, -0.2) is 0 Å². The third-order valence-corrected chi connectivity index (χ3v) is 9.27. The molecule has 1 N–H and O–H groups in total. The van der Waals surface area contributed by atoms with Crippen LogP contribution in [0.15, 0.2) is 11.6 Å². The minimum absolute atomic E-state index is 0.0682. The maximum Gasteiger partial charge on any atom is 0.321 e. The number of esters is 1. The number of aliphatic hydroxyl groups is 1. The Morgan fingerprint density at radius 3 is 2.59 bits per heavy atom. The molecule has 0 amide bonds. The van der Waals surface area contributed by atoms with Gasteiger partial charge in [0.15, 0.2) is 12.4 Å². The normalized spacial score (nSPS) is 43.7. The number of carbonyl (C=O) groups is 3. The van der Waals surface area contributed by atoms with Gasteiger partial charge in [-0.15, -0.1) is 11.6 Å². The lowest BCUT2D eigenvalue weighted by Crippen LogP contribution is -2.58. The second-order valence-electron chi connectivity index (χ2n) is 10.0. The molecule has 0 spiro atoms. The molecule has 0 heterocycles. The lowest BCUT2D eigenvalue weighted by Gasteiger charge is -2.58. The Morgan fingerprint density at radius 1 is 1.14 bits per heavy atom. The number of hydrogen-bond acceptors (Lipinski definition) is 5. The minimum atomic E-state index is -1.45. The molecular formula is C23H31ClO5. The van der Waals surface area contributed by atoms with Crippen molar-refractivity contribution < 1.29 is 24.2 Å². The van der Waals surface area contributed by atoms with E-state index in [0.717, 1.165) is 38.5 Å². The topological polar surface area (TPSA) is 80.7 Å². The molecule has 160 valence electrons. The number of ether oxygens (including phenoxy) is 1. The van der Waals surface area contributed by atoms with Crippen molar-refractivity contribution >= 4 is 29.1 Å². The first-order valence-corrected chi connectivity index (χ1v) is 11.4. The van der Waals surface area contributed by atoms with Crippen molar-refractivity contribution in [1.29, 1.82) is 0 Å². The fourth-order valence-electron chi connectivity index (χ4n) is 7.34. The summed E-state index contributed by atoms with van der Waals surface area (Å²) in [6.45, 7) is 3.97. The standard InChI is InChI=1S/C23H31ClO5/c1-21-8-5-15(25)11-14(21)3-4-16-17(21)6-9-22(2)18(16)7-10-23(22,28)19(26)13-29-20(27)12-24/h11,16-18,28H,3-10,12-13H2,1-2H3/t16-,17+,18+,21+,22+,23+/m0/s1. The largest absolute Gasteiger partial charge is 0.457 e. The lowest BCUT2D eigenvalue weighted by molar-refractivity contribution is -0.169. The van der Waals surface area contributed by atoms with Crippen LogP contribution in [0.3, 0.4) is 0 Å². The van der Waals surface area contributed by atoms with Crippen molar-refractivity contribution in [3.63, 3.8) is 0 Å². The number of allylic oxidation sites excluding steroid dienone is 1. The van der Waals surface area contributed by atoms with Crippen LogP contribution in [0.4, 0.5) is 0 Å². The number of rotatable bonds is 4. The van der Waals surface area contributed by atoms with Gasteiger partial charge >= 0.3 is 5.97 Å². The van der Waals surface area contributed by atoms with Gasteiger partial charge < -0.3 is 9.84 Å². The molecule has 6 heteroatoms. The fourth-order valence-corrected chi connectivity index (χ4v) is 7.41. The first-order chi connectivity index (χ1) is 13.7. The van der Waals surface area contributed by atoms with E-state index < -0.39 is 29.4 Å². The molecule has 6 atom stereocenters. The zero-order chi connectivity index (χ0) is 21.0. The molecule has 5 nitrogen and oxygen atoms in total. The van der Waals surface area contributed by atoms with Crippen molar-refractivity contribution in [2.45, 2.75) is 70.8 Å². The Hall–Kier alpha value is -1.20. The molecule has 29 heavy (non-hydrogen) atoms. The predicted octanol–water partition coefficient (Wildman–Crippen LogP) is 3.60. The second-order valence-corrected chi connectivity index (χ2v) is 10.3. The van der Waals surface area contributed by atoms with E-state index >= 15 is 0 Å². The number of hydrogen-bond donors (Lipinski definition) is 1. The highest BCUT2D eigenvalue weighted by Crippen LogP contribution is 2.67. The molecule has 4 rings (SSSR count). The maximum atomic E-state index is 12.9. The van der Waals surface area contributed by atoms with Gasteiger partial charge in [0.05, 0.1) is 0 Å². The molecular weight excluding hydrogens is 392 g/mol. The van der Waals surface area contributed by atoms with E-state index in [0.29, 0.717) is 24.7 Å². The van der Waals surface area contributed by atoms with Gasteiger partial charge in [-0.2, -0.15) is 0 Å². The predicted molar refractivity (Wildman–Crippen MR) is 108 cm³/mol. The van der Waals surface area contributed by atoms with Gasteiger partial charge in [0.25, 0.3) is 0 Å². The molecule has 0 aromatic rings. The summed E-state index contributed by atoms with van der Waals surface area (Å²) in [5.41, 5.74) is -0.565. The van der Waals surface area contributed by atoms with Gasteiger partial charge in [-0.1, -0.05) is 19.4 Å². The van der Waals surface area contributed by atoms with Crippen molar-refractivity contribution in [2.24, 2.45) is 28.6 Å². The van der Waals surface area contributed by atoms with Gasteiger partial charge in [0.2, 0.25) is 5.78 Å². The van der Waals surface area contributed by atoms with Crippen molar-refractivity contribution in [1.82, 2.24) is 0 Å². The van der Waals surface area contributed by atoms with Crippen LogP contribution in [0.1, 0.15) is 65.2 Å². The number of fused-ring (bicyclic) bond motifs is 5. The van der Waals surface area contributed by atoms with E-state index in [1.165, 1.54) is 5.57 Å². The average molecular weight is 423 g/mol. The SMILES string of the molecule is C[C@@]12CCC(=O)C=C1CC[C@H]1[C@H]2CC[C@]2(C)[C@@H]1CC[C@@]2(O)C(=O)COC(=O)CCl. The molecule has 0 saturated heterocycles. The summed E-state index contributed by atoms with van der Waals surface area (Å²) in [4.78, 5) is 36.2. The Kier molecular flexibility index (Phi) is 5.22. The zero-order valence-electron chi connectivity index (χ0n) is 17.3. The van der Waals surface area contributed by atoms with E-state index in [9.17, 15) is 19.5 Å². The van der Waals surface area contributed by atoms with Crippen LogP contribution in [-0.4, -0.2) is 40.7 Å². The Morgan fingerprint density at radius 2 is 1.86 bits per heavy atom. The highest BCUT2D eigenvalue weighted by Gasteiger charge is 2.66. The minimum Gasteiger partial charge on any atom is -0.457 e. The summed E-state index contributed by atoms with van der Waals surface area (Å²) in [6, 6.07) is 0. The molecule has 3 fully saturated rings. The van der Waals surface area contributed by atoms with Crippen LogP contribution < -0.4 is 0 Å². The van der Waals surface area contributed by atoms with Crippen LogP contribution >= 0.6 is 11.6 Å². The Balaban J connectivity index is 1.57. The monoisotopic (exact) mass is 422 g/mol. The van der Waals surface area contributed by atoms with Gasteiger partial charge in [0.1, 0.15) is 11.5 Å². The van der Waals surface area contributed by atoms with Crippen molar-refractivity contribution in [2.75, 3.05) is 12.5 Å². The third-order valence-electron chi connectivity index (χ3n) is 9.05. The van der Waals surface area contributed by atoms with Crippen molar-refractivity contribution in [3.05, 3.63) is 11.6 Å². The Bertz CT molecular complexity index is 775. The molecule has 0 radical (unpaired) electrons. The first kappa shape index (κ1) is 21.0. The quantitative estimate of drug-likeness (QED) is 0.553. The van der Waals surface area contributed by atoms with E-state index in [2.05, 4.69) is 13.8 Å². The zero-order valence-corrected chi connectivity index (χ0v) is 18.1. The first-order valence-electron chi connectivity index (χ1n) is 10.9. The van der Waals surface area contributed by atoms with Crippen LogP contribution in [0.2, 0.25) is 0 Å². The number of ketones is 2. The Labute approximate surface area is 177 Å². The van der Waals surface area contributed by atoms with Gasteiger partial charge in [-0.05, 0) is 74.2 Å². The number of Topliss-reactive ketones (excluding diaryl/α,β-unsaturated/α-hetero) is 1. The second kappa shape index (κ2) is 7.19. The molecule has 0 unspecified atom stereocenters. The number of alkyl halides is 1. The van der Waals surface area contributed by atoms with Gasteiger partial charge in [-0.3, -0.25) is 14.4 Å². The maximum absolute atomic E-state index is 12.9. The smallest absolute Gasteiger partial charge is 0.321 e. The van der Waals surface area contributed by atoms with Crippen LogP contribution in [0, 0.1) is 28.6 Å². The summed E-state index contributed by atoms with van der Waals surface area (Å²) in [6.07, 6.45) is 8.37. The van der Waals surface area contributed by atoms with Crippen molar-refractivity contribution in [3.8, 4) is 0 Å². The highest BCUT2D eigenvalue weighted by molar-refractivity contribution is 6.26. The van der Waals surface area contributed by atoms with E-state index in [1.807, 2.05) is 6.08 Å². The van der Waals surface area contributed by atoms with Gasteiger partial charge in [0, 0.05) is 11.8 Å². The molecule has 0 aliphatic heterocycles. The summed E-state index contributed by atoms with van der Waals surface area (Å²) < 4.78 is 4.94. The fraction of sp³-hybridized carbons (Fsp3) is 0.783. The molecule has 0 aromatic carbocycles. The van der Waals surface area contributed by atoms with E-state index in [1.54, 1.807) is 0 Å². The third kappa shape index (κ3) is 3.03. The van der Waals surface area contributed by atoms with E-state index in [-0.39, 0.29) is 23.0 Å². The molecule has 0 aromatic heterocycles. The summed E-state index contributed by atoms with van der Waals surface area (Å²) in [7, 11) is 0. The lowest BCUT2D eigenvalue weighted by atomic mass is 9.46. The average Bonchev–Trinajstić information content (AvgIpc) is 2.98. The highest BCUT2D eigenvalue weighted by atomic mass is 35.5. The summed E-state index contributed by atoms with van der Waals surface area (Å²) in [5.74, 6) is 0.144. The summed E-state index contributed by atoms with van der Waals surface area (Å²) in [5, 5.41) is 11.5. The molecule has 0 bridgehead atoms.